The first-order chi connectivity index (χ1) is 12.9. The minimum Gasteiger partial charge on any atom is -0.339 e. The van der Waals surface area contributed by atoms with Gasteiger partial charge in [-0.15, -0.1) is 0 Å². The minimum atomic E-state index is -0.965. The number of aromatic nitrogens is 2. The number of rotatable bonds is 6. The van der Waals surface area contributed by atoms with Gasteiger partial charge in [-0.25, -0.2) is 0 Å². The first-order valence-corrected chi connectivity index (χ1v) is 8.06. The summed E-state index contributed by atoms with van der Waals surface area (Å²) in [5.74, 6) is -0.649. The van der Waals surface area contributed by atoms with Gasteiger partial charge >= 0.3 is 5.69 Å². The number of carbonyl (C=O) groups excluding carboxylic acids is 1. The molecule has 27 heavy (non-hydrogen) atoms. The number of benzene rings is 2. The Balaban J connectivity index is 1.59. The summed E-state index contributed by atoms with van der Waals surface area (Å²) in [6.45, 7) is 1.97. The standard InChI is InChI=1S/C18H15FN4O4/c1-11-2-4-12(5-3-11)18-21-17(27-22-18)9-8-16(24)20-13-6-7-14(19)15(10-13)23(25)26/h2-7,10H,8-9H2,1H3,(H,20,24). The lowest BCUT2D eigenvalue weighted by Gasteiger charge is -2.04. The molecule has 1 heterocycles. The third-order valence-corrected chi connectivity index (χ3v) is 3.77. The Morgan fingerprint density at radius 2 is 2.00 bits per heavy atom. The van der Waals surface area contributed by atoms with Gasteiger partial charge in [-0.1, -0.05) is 35.0 Å². The van der Waals surface area contributed by atoms with Gasteiger partial charge in [-0.3, -0.25) is 14.9 Å². The van der Waals surface area contributed by atoms with Crippen LogP contribution in [0.1, 0.15) is 17.9 Å². The molecule has 0 radical (unpaired) electrons. The van der Waals surface area contributed by atoms with Crippen LogP contribution >= 0.6 is 0 Å². The summed E-state index contributed by atoms with van der Waals surface area (Å²) < 4.78 is 18.4. The van der Waals surface area contributed by atoms with Crippen LogP contribution in [0.4, 0.5) is 15.8 Å². The summed E-state index contributed by atoms with van der Waals surface area (Å²) in [5, 5.41) is 17.1. The van der Waals surface area contributed by atoms with Crippen LogP contribution in [-0.4, -0.2) is 21.0 Å². The van der Waals surface area contributed by atoms with Crippen LogP contribution in [0.3, 0.4) is 0 Å². The summed E-state index contributed by atoms with van der Waals surface area (Å²) >= 11 is 0. The maximum Gasteiger partial charge on any atom is 0.306 e. The Kier molecular flexibility index (Phi) is 5.20. The van der Waals surface area contributed by atoms with Crippen molar-refractivity contribution in [3.63, 3.8) is 0 Å². The van der Waals surface area contributed by atoms with E-state index in [-0.39, 0.29) is 18.5 Å². The van der Waals surface area contributed by atoms with Crippen molar-refractivity contribution >= 4 is 17.3 Å². The summed E-state index contributed by atoms with van der Waals surface area (Å²) in [6, 6.07) is 10.8. The van der Waals surface area contributed by atoms with Crippen molar-refractivity contribution in [2.75, 3.05) is 5.32 Å². The van der Waals surface area contributed by atoms with Crippen molar-refractivity contribution in [1.82, 2.24) is 10.1 Å². The second kappa shape index (κ2) is 7.73. The zero-order valence-corrected chi connectivity index (χ0v) is 14.3. The molecule has 0 aliphatic carbocycles. The summed E-state index contributed by atoms with van der Waals surface area (Å²) in [6.07, 6.45) is 0.231. The predicted octanol–water partition coefficient (Wildman–Crippen LogP) is 3.66. The third-order valence-electron chi connectivity index (χ3n) is 3.77. The highest BCUT2D eigenvalue weighted by Gasteiger charge is 2.16. The van der Waals surface area contributed by atoms with Crippen LogP contribution in [0.2, 0.25) is 0 Å². The van der Waals surface area contributed by atoms with Gasteiger partial charge in [0.05, 0.1) is 4.92 Å². The number of nitro groups is 1. The SMILES string of the molecule is Cc1ccc(-c2noc(CCC(=O)Nc3ccc(F)c([N+](=O)[O-])c3)n2)cc1. The number of nitro benzene ring substituents is 1. The normalized spacial score (nSPS) is 10.6. The number of carbonyl (C=O) groups is 1. The maximum atomic E-state index is 13.3. The topological polar surface area (TPSA) is 111 Å². The number of aryl methyl sites for hydroxylation is 2. The van der Waals surface area contributed by atoms with Crippen LogP contribution in [-0.2, 0) is 11.2 Å². The first-order valence-electron chi connectivity index (χ1n) is 8.06. The Morgan fingerprint density at radius 1 is 1.26 bits per heavy atom. The van der Waals surface area contributed by atoms with E-state index >= 15 is 0 Å². The summed E-state index contributed by atoms with van der Waals surface area (Å²) in [7, 11) is 0. The smallest absolute Gasteiger partial charge is 0.306 e. The highest BCUT2D eigenvalue weighted by molar-refractivity contribution is 5.91. The molecular formula is C18H15FN4O4. The van der Waals surface area contributed by atoms with Gasteiger partial charge in [0.2, 0.25) is 23.4 Å². The molecule has 0 bridgehead atoms. The fraction of sp³-hybridized carbons (Fsp3) is 0.167. The van der Waals surface area contributed by atoms with Crippen molar-refractivity contribution in [3.05, 3.63) is 69.9 Å². The summed E-state index contributed by atoms with van der Waals surface area (Å²) in [4.78, 5) is 26.1. The van der Waals surface area contributed by atoms with Gasteiger partial charge in [0.1, 0.15) is 0 Å². The van der Waals surface area contributed by atoms with E-state index in [1.807, 2.05) is 31.2 Å². The molecule has 2 aromatic carbocycles. The second-order valence-electron chi connectivity index (χ2n) is 5.85. The number of nitrogens with one attached hydrogen (secondary N) is 1. The number of halogens is 1. The van der Waals surface area contributed by atoms with E-state index in [1.165, 1.54) is 6.07 Å². The Bertz CT molecular complexity index is 985. The van der Waals surface area contributed by atoms with Crippen LogP contribution in [0, 0.1) is 22.9 Å². The fourth-order valence-electron chi connectivity index (χ4n) is 2.35. The molecule has 8 nitrogen and oxygen atoms in total. The molecule has 0 fully saturated rings. The molecule has 1 amide bonds. The Hall–Kier alpha value is -3.62. The van der Waals surface area contributed by atoms with Crippen LogP contribution in [0.15, 0.2) is 47.0 Å². The molecule has 0 atom stereocenters. The Labute approximate surface area is 153 Å². The number of anilines is 1. The lowest BCUT2D eigenvalue weighted by atomic mass is 10.1. The lowest BCUT2D eigenvalue weighted by molar-refractivity contribution is -0.387. The molecule has 1 N–H and O–H groups in total. The molecule has 0 saturated heterocycles. The quantitative estimate of drug-likeness (QED) is 0.523. The van der Waals surface area contributed by atoms with Gasteiger partial charge in [-0.05, 0) is 19.1 Å². The van der Waals surface area contributed by atoms with Gasteiger partial charge in [0.15, 0.2) is 0 Å². The number of nitrogens with zero attached hydrogens (tertiary/aromatic N) is 3. The monoisotopic (exact) mass is 370 g/mol. The van der Waals surface area contributed by atoms with E-state index in [1.54, 1.807) is 0 Å². The van der Waals surface area contributed by atoms with E-state index in [4.69, 9.17) is 4.52 Å². The number of amides is 1. The van der Waals surface area contributed by atoms with E-state index in [9.17, 15) is 19.3 Å². The maximum absolute atomic E-state index is 13.3. The first kappa shape index (κ1) is 18.2. The molecule has 138 valence electrons. The highest BCUT2D eigenvalue weighted by Crippen LogP contribution is 2.22. The molecule has 0 aliphatic rings. The fourth-order valence-corrected chi connectivity index (χ4v) is 2.35. The molecule has 0 saturated carbocycles. The van der Waals surface area contributed by atoms with Crippen molar-refractivity contribution in [3.8, 4) is 11.4 Å². The summed E-state index contributed by atoms with van der Waals surface area (Å²) in [5.41, 5.74) is 1.35. The average molecular weight is 370 g/mol. The average Bonchev–Trinajstić information content (AvgIpc) is 3.11. The van der Waals surface area contributed by atoms with Crippen molar-refractivity contribution in [2.45, 2.75) is 19.8 Å². The highest BCUT2D eigenvalue weighted by atomic mass is 19.1. The van der Waals surface area contributed by atoms with Gasteiger partial charge in [0, 0.05) is 30.2 Å². The van der Waals surface area contributed by atoms with Gasteiger partial charge < -0.3 is 9.84 Å². The van der Waals surface area contributed by atoms with Crippen LogP contribution < -0.4 is 5.32 Å². The minimum absolute atomic E-state index is 0.0285. The molecule has 0 aliphatic heterocycles. The third kappa shape index (κ3) is 4.51. The van der Waals surface area contributed by atoms with Gasteiger partial charge in [0.25, 0.3) is 0 Å². The van der Waals surface area contributed by atoms with Crippen molar-refractivity contribution in [2.24, 2.45) is 0 Å². The Morgan fingerprint density at radius 3 is 2.70 bits per heavy atom. The number of hydrogen-bond donors (Lipinski definition) is 1. The molecular weight excluding hydrogens is 355 g/mol. The van der Waals surface area contributed by atoms with Gasteiger partial charge in [-0.2, -0.15) is 9.37 Å². The molecule has 9 heteroatoms. The zero-order chi connectivity index (χ0) is 19.4. The molecule has 1 aromatic heterocycles. The number of hydrogen-bond acceptors (Lipinski definition) is 6. The second-order valence-corrected chi connectivity index (χ2v) is 5.85. The molecule has 3 aromatic rings. The van der Waals surface area contributed by atoms with Crippen molar-refractivity contribution < 1.29 is 18.6 Å². The molecule has 0 unspecified atom stereocenters. The van der Waals surface area contributed by atoms with E-state index in [0.29, 0.717) is 11.7 Å². The van der Waals surface area contributed by atoms with Crippen molar-refractivity contribution in [1.29, 1.82) is 0 Å². The largest absolute Gasteiger partial charge is 0.339 e. The lowest BCUT2D eigenvalue weighted by Crippen LogP contribution is -2.12. The molecule has 0 spiro atoms. The van der Waals surface area contributed by atoms with E-state index in [2.05, 4.69) is 15.5 Å². The van der Waals surface area contributed by atoms with E-state index < -0.39 is 22.3 Å². The van der Waals surface area contributed by atoms with Crippen LogP contribution in [0.25, 0.3) is 11.4 Å². The molecule has 3 rings (SSSR count). The van der Waals surface area contributed by atoms with Crippen LogP contribution in [0.5, 0.6) is 0 Å². The predicted molar refractivity (Wildman–Crippen MR) is 94.5 cm³/mol. The zero-order valence-electron chi connectivity index (χ0n) is 14.3. The van der Waals surface area contributed by atoms with E-state index in [0.717, 1.165) is 23.3 Å².